The Morgan fingerprint density at radius 3 is 2.89 bits per heavy atom. The van der Waals surface area contributed by atoms with E-state index in [1.54, 1.807) is 23.1 Å². The van der Waals surface area contributed by atoms with Gasteiger partial charge in [-0.1, -0.05) is 12.1 Å². The molecule has 1 aromatic carbocycles. The van der Waals surface area contributed by atoms with Crippen molar-refractivity contribution in [1.82, 2.24) is 0 Å². The van der Waals surface area contributed by atoms with Crippen molar-refractivity contribution in [2.24, 2.45) is 0 Å². The Balaban J connectivity index is 2.30. The number of carbonyl (C=O) groups is 2. The predicted molar refractivity (Wildman–Crippen MR) is 66.0 cm³/mol. The van der Waals surface area contributed by atoms with E-state index in [-0.39, 0.29) is 12.4 Å². The van der Waals surface area contributed by atoms with Gasteiger partial charge in [0.1, 0.15) is 0 Å². The summed E-state index contributed by atoms with van der Waals surface area (Å²) in [4.78, 5) is 24.3. The zero-order chi connectivity index (χ0) is 13.1. The molecule has 96 valence electrons. The van der Waals surface area contributed by atoms with E-state index < -0.39 is 12.0 Å². The largest absolute Gasteiger partial charge is 0.480 e. The number of Topliss-reactive ketones (excluding diaryl/α,β-unsaturated/α-hetero) is 1. The molecule has 2 rings (SSSR count). The van der Waals surface area contributed by atoms with Crippen LogP contribution in [0.3, 0.4) is 0 Å². The molecule has 1 saturated heterocycles. The van der Waals surface area contributed by atoms with Gasteiger partial charge in [-0.05, 0) is 19.1 Å². The highest BCUT2D eigenvalue weighted by atomic mass is 16.5. The highest BCUT2D eigenvalue weighted by Gasteiger charge is 2.29. The van der Waals surface area contributed by atoms with Crippen molar-refractivity contribution >= 4 is 17.4 Å². The molecule has 0 spiro atoms. The Bertz CT molecular complexity index is 472. The van der Waals surface area contributed by atoms with Crippen molar-refractivity contribution in [1.29, 1.82) is 0 Å². The first-order chi connectivity index (χ1) is 8.59. The van der Waals surface area contributed by atoms with Crippen LogP contribution in [0.2, 0.25) is 0 Å². The smallest absolute Gasteiger partial charge is 0.328 e. The summed E-state index contributed by atoms with van der Waals surface area (Å²) in [6, 6.07) is 6.33. The Kier molecular flexibility index (Phi) is 3.62. The summed E-state index contributed by atoms with van der Waals surface area (Å²) < 4.78 is 5.18. The Morgan fingerprint density at radius 1 is 1.44 bits per heavy atom. The van der Waals surface area contributed by atoms with Crippen LogP contribution < -0.4 is 4.90 Å². The average Bonchev–Trinajstić information content (AvgIpc) is 2.39. The first kappa shape index (κ1) is 12.6. The zero-order valence-electron chi connectivity index (χ0n) is 10.1. The fourth-order valence-electron chi connectivity index (χ4n) is 2.02. The summed E-state index contributed by atoms with van der Waals surface area (Å²) in [6.45, 7) is 2.67. The van der Waals surface area contributed by atoms with E-state index in [0.29, 0.717) is 18.7 Å². The van der Waals surface area contributed by atoms with Crippen LogP contribution in [0.5, 0.6) is 0 Å². The summed E-state index contributed by atoms with van der Waals surface area (Å²) in [7, 11) is 0. The normalized spacial score (nSPS) is 19.6. The molecule has 1 atom stereocenters. The molecule has 0 saturated carbocycles. The topological polar surface area (TPSA) is 66.8 Å². The van der Waals surface area contributed by atoms with Gasteiger partial charge in [0.25, 0.3) is 0 Å². The molecule has 0 amide bonds. The van der Waals surface area contributed by atoms with Crippen LogP contribution in [-0.4, -0.2) is 42.7 Å². The summed E-state index contributed by atoms with van der Waals surface area (Å²) in [5.41, 5.74) is 1.33. The van der Waals surface area contributed by atoms with Crippen molar-refractivity contribution in [2.45, 2.75) is 13.0 Å². The number of hydrogen-bond acceptors (Lipinski definition) is 4. The van der Waals surface area contributed by atoms with E-state index in [0.717, 1.165) is 5.69 Å². The van der Waals surface area contributed by atoms with E-state index >= 15 is 0 Å². The van der Waals surface area contributed by atoms with Gasteiger partial charge in [0.2, 0.25) is 0 Å². The first-order valence-electron chi connectivity index (χ1n) is 5.78. The molecule has 1 aliphatic heterocycles. The Hall–Kier alpha value is -1.88. The van der Waals surface area contributed by atoms with E-state index in [1.807, 2.05) is 6.07 Å². The number of nitrogens with zero attached hydrogens (tertiary/aromatic N) is 1. The van der Waals surface area contributed by atoms with Crippen molar-refractivity contribution < 1.29 is 19.4 Å². The van der Waals surface area contributed by atoms with Crippen LogP contribution in [0.15, 0.2) is 24.3 Å². The molecule has 1 unspecified atom stereocenters. The Morgan fingerprint density at radius 2 is 2.22 bits per heavy atom. The monoisotopic (exact) mass is 249 g/mol. The molecule has 1 heterocycles. The molecule has 1 aliphatic rings. The number of carbonyl (C=O) groups excluding carboxylic acids is 1. The van der Waals surface area contributed by atoms with Crippen LogP contribution in [-0.2, 0) is 9.53 Å². The van der Waals surface area contributed by atoms with Gasteiger partial charge < -0.3 is 14.7 Å². The third-order valence-corrected chi connectivity index (χ3v) is 3.00. The zero-order valence-corrected chi connectivity index (χ0v) is 10.1. The summed E-state index contributed by atoms with van der Waals surface area (Å²) in [6.07, 6.45) is 0. The summed E-state index contributed by atoms with van der Waals surface area (Å²) >= 11 is 0. The Labute approximate surface area is 105 Å². The van der Waals surface area contributed by atoms with Crippen LogP contribution in [0.25, 0.3) is 0 Å². The molecule has 0 bridgehead atoms. The number of ketones is 1. The second kappa shape index (κ2) is 5.18. The number of carboxylic acids is 1. The first-order valence-corrected chi connectivity index (χ1v) is 5.78. The average molecular weight is 249 g/mol. The molecule has 0 radical (unpaired) electrons. The van der Waals surface area contributed by atoms with E-state index in [2.05, 4.69) is 0 Å². The molecule has 1 N–H and O–H groups in total. The minimum Gasteiger partial charge on any atom is -0.480 e. The second-order valence-corrected chi connectivity index (χ2v) is 4.23. The lowest BCUT2D eigenvalue weighted by molar-refractivity contribution is -0.141. The summed E-state index contributed by atoms with van der Waals surface area (Å²) in [5, 5.41) is 9.16. The second-order valence-electron chi connectivity index (χ2n) is 4.23. The van der Waals surface area contributed by atoms with Gasteiger partial charge in [-0.15, -0.1) is 0 Å². The maximum atomic E-state index is 11.3. The number of rotatable bonds is 3. The van der Waals surface area contributed by atoms with Crippen molar-refractivity contribution in [3.05, 3.63) is 29.8 Å². The molecular weight excluding hydrogens is 234 g/mol. The van der Waals surface area contributed by atoms with Gasteiger partial charge >= 0.3 is 5.97 Å². The highest BCUT2D eigenvalue weighted by Crippen LogP contribution is 2.21. The van der Waals surface area contributed by atoms with E-state index in [9.17, 15) is 9.59 Å². The minimum atomic E-state index is -0.914. The number of ether oxygens (including phenoxy) is 1. The number of hydrogen-bond donors (Lipinski definition) is 1. The van der Waals surface area contributed by atoms with Gasteiger partial charge in [0.15, 0.2) is 11.8 Å². The molecule has 5 nitrogen and oxygen atoms in total. The SMILES string of the molecule is CC(=O)c1cccc(N2CCOCC2C(=O)O)c1. The lowest BCUT2D eigenvalue weighted by atomic mass is 10.1. The lowest BCUT2D eigenvalue weighted by Crippen LogP contribution is -2.50. The summed E-state index contributed by atoms with van der Waals surface area (Å²) in [5.74, 6) is -0.945. The number of aliphatic carboxylic acids is 1. The minimum absolute atomic E-state index is 0.0306. The van der Waals surface area contributed by atoms with Gasteiger partial charge in [-0.2, -0.15) is 0 Å². The number of benzene rings is 1. The lowest BCUT2D eigenvalue weighted by Gasteiger charge is -2.34. The quantitative estimate of drug-likeness (QED) is 0.815. The molecule has 5 heteroatoms. The molecular formula is C13H15NO4. The van der Waals surface area contributed by atoms with Gasteiger partial charge in [0, 0.05) is 17.8 Å². The predicted octanol–water partition coefficient (Wildman–Crippen LogP) is 1.18. The highest BCUT2D eigenvalue weighted by molar-refractivity contribution is 5.95. The third kappa shape index (κ3) is 2.51. The van der Waals surface area contributed by atoms with Crippen LogP contribution in [0, 0.1) is 0 Å². The third-order valence-electron chi connectivity index (χ3n) is 3.00. The van der Waals surface area contributed by atoms with E-state index in [4.69, 9.17) is 9.84 Å². The van der Waals surface area contributed by atoms with Gasteiger partial charge in [-0.3, -0.25) is 4.79 Å². The van der Waals surface area contributed by atoms with Crippen LogP contribution >= 0.6 is 0 Å². The van der Waals surface area contributed by atoms with Crippen molar-refractivity contribution in [3.8, 4) is 0 Å². The molecule has 0 aliphatic carbocycles. The van der Waals surface area contributed by atoms with Gasteiger partial charge in [0.05, 0.1) is 13.2 Å². The molecule has 0 aromatic heterocycles. The van der Waals surface area contributed by atoms with Crippen molar-refractivity contribution in [3.63, 3.8) is 0 Å². The fraction of sp³-hybridized carbons (Fsp3) is 0.385. The fourth-order valence-corrected chi connectivity index (χ4v) is 2.02. The molecule has 18 heavy (non-hydrogen) atoms. The molecule has 1 aromatic rings. The number of morpholine rings is 1. The standard InChI is InChI=1S/C13H15NO4/c1-9(15)10-3-2-4-11(7-10)14-5-6-18-8-12(14)13(16)17/h2-4,7,12H,5-6,8H2,1H3,(H,16,17). The van der Waals surface area contributed by atoms with Crippen molar-refractivity contribution in [2.75, 3.05) is 24.7 Å². The van der Waals surface area contributed by atoms with Gasteiger partial charge in [-0.25, -0.2) is 4.79 Å². The molecule has 1 fully saturated rings. The number of anilines is 1. The maximum Gasteiger partial charge on any atom is 0.328 e. The van der Waals surface area contributed by atoms with E-state index in [1.165, 1.54) is 6.92 Å². The maximum absolute atomic E-state index is 11.3. The number of carboxylic acid groups (broad SMARTS) is 1. The van der Waals surface area contributed by atoms with Crippen LogP contribution in [0.1, 0.15) is 17.3 Å². The van der Waals surface area contributed by atoms with Crippen LogP contribution in [0.4, 0.5) is 5.69 Å².